The molecule has 3 nitrogen and oxygen atoms in total. The fourth-order valence-electron chi connectivity index (χ4n) is 2.95. The molecule has 2 rings (SSSR count). The number of methoxy groups -OCH3 is 1. The van der Waals surface area contributed by atoms with Gasteiger partial charge in [0.05, 0.1) is 0 Å². The molecule has 1 heterocycles. The Morgan fingerprint density at radius 1 is 1.45 bits per heavy atom. The number of phenols is 1. The lowest BCUT2D eigenvalue weighted by Crippen LogP contribution is -2.35. The number of halogens is 1. The van der Waals surface area contributed by atoms with Crippen molar-refractivity contribution in [2.75, 3.05) is 26.8 Å². The largest absolute Gasteiger partial charge is 0.508 e. The number of ether oxygens (including phenoxy) is 1. The Balaban J connectivity index is 1.86. The number of phenolic OH excluding ortho intramolecular Hbond substituents is 1. The van der Waals surface area contributed by atoms with Crippen LogP contribution in [0.2, 0.25) is 5.02 Å². The summed E-state index contributed by atoms with van der Waals surface area (Å²) in [5.74, 6) is 1.00. The van der Waals surface area contributed by atoms with E-state index in [0.717, 1.165) is 44.1 Å². The van der Waals surface area contributed by atoms with E-state index in [4.69, 9.17) is 16.3 Å². The van der Waals surface area contributed by atoms with Gasteiger partial charge in [-0.05, 0) is 55.8 Å². The number of hydrogen-bond acceptors (Lipinski definition) is 3. The van der Waals surface area contributed by atoms with Gasteiger partial charge in [0.15, 0.2) is 0 Å². The minimum atomic E-state index is 0.231. The maximum Gasteiger partial charge on any atom is 0.117 e. The fraction of sp³-hybridized carbons (Fsp3) is 0.625. The predicted octanol–water partition coefficient (Wildman–Crippen LogP) is 3.68. The molecule has 1 aliphatic rings. The van der Waals surface area contributed by atoms with Gasteiger partial charge in [0.1, 0.15) is 5.75 Å². The lowest BCUT2D eigenvalue weighted by Gasteiger charge is -2.33. The molecule has 0 spiro atoms. The average Bonchev–Trinajstić information content (AvgIpc) is 2.43. The molecule has 0 aromatic heterocycles. The molecule has 4 heteroatoms. The number of likely N-dealkylation sites (tertiary alicyclic amines) is 1. The first-order chi connectivity index (χ1) is 9.69. The molecule has 1 aromatic carbocycles. The molecule has 1 N–H and O–H groups in total. The van der Waals surface area contributed by atoms with Crippen molar-refractivity contribution < 1.29 is 9.84 Å². The molecule has 0 radical (unpaired) electrons. The van der Waals surface area contributed by atoms with Gasteiger partial charge < -0.3 is 9.84 Å². The van der Waals surface area contributed by atoms with Crippen molar-refractivity contribution in [1.82, 2.24) is 4.90 Å². The highest BCUT2D eigenvalue weighted by molar-refractivity contribution is 6.31. The number of nitrogens with zero attached hydrogens (tertiary/aromatic N) is 1. The molecule has 112 valence electrons. The number of aromatic hydroxyl groups is 1. The van der Waals surface area contributed by atoms with Gasteiger partial charge in [0.2, 0.25) is 0 Å². The lowest BCUT2D eigenvalue weighted by atomic mass is 9.93. The van der Waals surface area contributed by atoms with Crippen LogP contribution in [0.1, 0.15) is 31.2 Å². The molecular formula is C16H24ClNO2. The van der Waals surface area contributed by atoms with Crippen LogP contribution >= 0.6 is 11.6 Å². The van der Waals surface area contributed by atoms with Crippen molar-refractivity contribution in [3.05, 3.63) is 28.8 Å². The highest BCUT2D eigenvalue weighted by Crippen LogP contribution is 2.26. The Morgan fingerprint density at radius 3 is 3.05 bits per heavy atom. The number of piperidine rings is 1. The van der Waals surface area contributed by atoms with Crippen LogP contribution in [-0.2, 0) is 11.3 Å². The van der Waals surface area contributed by atoms with Crippen LogP contribution in [0, 0.1) is 5.92 Å². The van der Waals surface area contributed by atoms with Gasteiger partial charge in [-0.2, -0.15) is 0 Å². The SMILES string of the molecule is COCCC[C@H]1CCCN(Cc2ccc(O)cc2Cl)C1. The summed E-state index contributed by atoms with van der Waals surface area (Å²) in [7, 11) is 1.76. The van der Waals surface area contributed by atoms with E-state index in [1.807, 2.05) is 6.07 Å². The monoisotopic (exact) mass is 297 g/mol. The van der Waals surface area contributed by atoms with Gasteiger partial charge in [-0.1, -0.05) is 17.7 Å². The van der Waals surface area contributed by atoms with Crippen molar-refractivity contribution in [3.63, 3.8) is 0 Å². The van der Waals surface area contributed by atoms with Crippen LogP contribution in [0.4, 0.5) is 0 Å². The molecular weight excluding hydrogens is 274 g/mol. The summed E-state index contributed by atoms with van der Waals surface area (Å²) >= 11 is 6.18. The Morgan fingerprint density at radius 2 is 2.30 bits per heavy atom. The third-order valence-electron chi connectivity index (χ3n) is 3.99. The zero-order valence-corrected chi connectivity index (χ0v) is 12.9. The summed E-state index contributed by atoms with van der Waals surface area (Å²) < 4.78 is 5.13. The molecule has 0 saturated carbocycles. The van der Waals surface area contributed by atoms with Crippen LogP contribution < -0.4 is 0 Å². The smallest absolute Gasteiger partial charge is 0.117 e. The van der Waals surface area contributed by atoms with Gasteiger partial charge in [-0.15, -0.1) is 0 Å². The van der Waals surface area contributed by atoms with E-state index in [9.17, 15) is 5.11 Å². The number of rotatable bonds is 6. The second-order valence-electron chi connectivity index (χ2n) is 5.65. The summed E-state index contributed by atoms with van der Waals surface area (Å²) in [6.07, 6.45) is 4.97. The van der Waals surface area contributed by atoms with E-state index in [1.54, 1.807) is 19.2 Å². The number of benzene rings is 1. The van der Waals surface area contributed by atoms with Crippen molar-refractivity contribution in [2.45, 2.75) is 32.2 Å². The zero-order valence-electron chi connectivity index (χ0n) is 12.1. The summed E-state index contributed by atoms with van der Waals surface area (Å²) in [6, 6.07) is 5.25. The van der Waals surface area contributed by atoms with Gasteiger partial charge in [0.25, 0.3) is 0 Å². The molecule has 0 aliphatic carbocycles. The quantitative estimate of drug-likeness (QED) is 0.813. The highest BCUT2D eigenvalue weighted by Gasteiger charge is 2.20. The maximum atomic E-state index is 9.40. The van der Waals surface area contributed by atoms with E-state index in [0.29, 0.717) is 5.02 Å². The first kappa shape index (κ1) is 15.6. The van der Waals surface area contributed by atoms with Gasteiger partial charge in [-0.3, -0.25) is 4.90 Å². The average molecular weight is 298 g/mol. The van der Waals surface area contributed by atoms with Crippen molar-refractivity contribution in [1.29, 1.82) is 0 Å². The lowest BCUT2D eigenvalue weighted by molar-refractivity contribution is 0.142. The van der Waals surface area contributed by atoms with Crippen LogP contribution in [-0.4, -0.2) is 36.8 Å². The maximum absolute atomic E-state index is 9.40. The van der Waals surface area contributed by atoms with Crippen molar-refractivity contribution >= 4 is 11.6 Å². The molecule has 1 fully saturated rings. The van der Waals surface area contributed by atoms with Gasteiger partial charge >= 0.3 is 0 Å². The third-order valence-corrected chi connectivity index (χ3v) is 4.35. The molecule has 0 amide bonds. The topological polar surface area (TPSA) is 32.7 Å². The molecule has 20 heavy (non-hydrogen) atoms. The zero-order chi connectivity index (χ0) is 14.4. The van der Waals surface area contributed by atoms with Crippen molar-refractivity contribution in [3.8, 4) is 5.75 Å². The normalized spacial score (nSPS) is 20.2. The Bertz CT molecular complexity index is 425. The Hall–Kier alpha value is -0.770. The van der Waals surface area contributed by atoms with E-state index in [-0.39, 0.29) is 5.75 Å². The van der Waals surface area contributed by atoms with E-state index < -0.39 is 0 Å². The minimum Gasteiger partial charge on any atom is -0.508 e. The van der Waals surface area contributed by atoms with Crippen molar-refractivity contribution in [2.24, 2.45) is 5.92 Å². The third kappa shape index (κ3) is 4.65. The molecule has 1 aromatic rings. The standard InChI is InChI=1S/C16H24ClNO2/c1-20-9-3-5-13-4-2-8-18(11-13)12-14-6-7-15(19)10-16(14)17/h6-7,10,13,19H,2-5,8-9,11-12H2,1H3/t13-/m1/s1. The van der Waals surface area contributed by atoms with Crippen LogP contribution in [0.3, 0.4) is 0 Å². The van der Waals surface area contributed by atoms with Crippen LogP contribution in [0.25, 0.3) is 0 Å². The Kier molecular flexibility index (Phi) is 6.14. The molecule has 0 unspecified atom stereocenters. The molecule has 1 saturated heterocycles. The van der Waals surface area contributed by atoms with Gasteiger partial charge in [0, 0.05) is 31.8 Å². The van der Waals surface area contributed by atoms with E-state index in [2.05, 4.69) is 4.90 Å². The summed E-state index contributed by atoms with van der Waals surface area (Å²) in [5, 5.41) is 10.1. The second kappa shape index (κ2) is 7.87. The minimum absolute atomic E-state index is 0.231. The highest BCUT2D eigenvalue weighted by atomic mass is 35.5. The molecule has 1 aliphatic heterocycles. The predicted molar refractivity (Wildman–Crippen MR) is 82.2 cm³/mol. The summed E-state index contributed by atoms with van der Waals surface area (Å²) in [5.41, 5.74) is 1.10. The van der Waals surface area contributed by atoms with Crippen LogP contribution in [0.15, 0.2) is 18.2 Å². The van der Waals surface area contributed by atoms with E-state index >= 15 is 0 Å². The number of hydrogen-bond donors (Lipinski definition) is 1. The summed E-state index contributed by atoms with van der Waals surface area (Å²) in [4.78, 5) is 2.47. The van der Waals surface area contributed by atoms with Crippen LogP contribution in [0.5, 0.6) is 5.75 Å². The summed E-state index contributed by atoms with van der Waals surface area (Å²) in [6.45, 7) is 4.01. The Labute approximate surface area is 126 Å². The second-order valence-corrected chi connectivity index (χ2v) is 6.06. The first-order valence-electron chi connectivity index (χ1n) is 7.37. The fourth-order valence-corrected chi connectivity index (χ4v) is 3.19. The van der Waals surface area contributed by atoms with E-state index in [1.165, 1.54) is 19.3 Å². The molecule has 1 atom stereocenters. The molecule has 0 bridgehead atoms. The van der Waals surface area contributed by atoms with Gasteiger partial charge in [-0.25, -0.2) is 0 Å². The first-order valence-corrected chi connectivity index (χ1v) is 7.75.